The molecule has 0 N–H and O–H groups in total. The molecule has 0 saturated heterocycles. The molecule has 0 saturated carbocycles. The van der Waals surface area contributed by atoms with Crippen LogP contribution in [-0.2, 0) is 4.57 Å². The second-order valence-corrected chi connectivity index (χ2v) is 10.8. The van der Waals surface area contributed by atoms with Crippen LogP contribution < -0.4 is 13.6 Å². The minimum atomic E-state index is -4.79. The standard InChI is InChI=1S/C18H6Cl9O4P/c19-7-1-4-10(22)16(13(7)25)29-32(28,30-17-11(23)5-2-8(20)14(17)26)31-18-12(24)6-3-9(21)15(18)27/h1-6H. The molecule has 0 aliphatic rings. The van der Waals surface area contributed by atoms with Crippen molar-refractivity contribution in [1.29, 1.82) is 0 Å². The van der Waals surface area contributed by atoms with Gasteiger partial charge in [-0.25, -0.2) is 0 Å². The highest BCUT2D eigenvalue weighted by Crippen LogP contribution is 2.58. The summed E-state index contributed by atoms with van der Waals surface area (Å²) in [5.41, 5.74) is 0. The van der Waals surface area contributed by atoms with Gasteiger partial charge in [-0.1, -0.05) is 104 Å². The molecular weight excluding hydrogens is 630 g/mol. The molecule has 4 nitrogen and oxygen atoms in total. The summed E-state index contributed by atoms with van der Waals surface area (Å²) in [6.45, 7) is 0. The van der Waals surface area contributed by atoms with Gasteiger partial charge in [0.1, 0.15) is 15.1 Å². The van der Waals surface area contributed by atoms with Crippen LogP contribution in [0.1, 0.15) is 0 Å². The monoisotopic (exact) mass is 632 g/mol. The average molecular weight is 636 g/mol. The minimum absolute atomic E-state index is 0.0512. The van der Waals surface area contributed by atoms with Crippen molar-refractivity contribution in [3.05, 3.63) is 81.6 Å². The lowest BCUT2D eigenvalue weighted by atomic mass is 10.3. The lowest BCUT2D eigenvalue weighted by Gasteiger charge is -2.22. The van der Waals surface area contributed by atoms with E-state index in [0.29, 0.717) is 0 Å². The van der Waals surface area contributed by atoms with Gasteiger partial charge in [0.05, 0.1) is 30.1 Å². The van der Waals surface area contributed by atoms with Crippen molar-refractivity contribution in [2.75, 3.05) is 0 Å². The van der Waals surface area contributed by atoms with Crippen molar-refractivity contribution >= 4 is 112 Å². The van der Waals surface area contributed by atoms with Crippen molar-refractivity contribution in [3.63, 3.8) is 0 Å². The Hall–Kier alpha value is -0.100. The molecule has 0 atom stereocenters. The molecule has 32 heavy (non-hydrogen) atoms. The van der Waals surface area contributed by atoms with Crippen LogP contribution in [0.15, 0.2) is 36.4 Å². The van der Waals surface area contributed by atoms with Crippen LogP contribution in [0.25, 0.3) is 0 Å². The highest BCUT2D eigenvalue weighted by Gasteiger charge is 2.38. The second kappa shape index (κ2) is 10.7. The molecule has 0 heterocycles. The summed E-state index contributed by atoms with van der Waals surface area (Å²) in [6.07, 6.45) is 0. The molecular formula is C18H6Cl9O4P. The number of hydrogen-bond acceptors (Lipinski definition) is 4. The molecule has 170 valence electrons. The molecule has 0 bridgehead atoms. The Bertz CT molecular complexity index is 1100. The highest BCUT2D eigenvalue weighted by atomic mass is 35.5. The fourth-order valence-corrected chi connectivity index (χ4v) is 5.63. The van der Waals surface area contributed by atoms with E-state index in [-0.39, 0.29) is 62.5 Å². The van der Waals surface area contributed by atoms with E-state index in [0.717, 1.165) is 0 Å². The summed E-state index contributed by atoms with van der Waals surface area (Å²) >= 11 is 55.0. The van der Waals surface area contributed by atoms with E-state index in [1.807, 2.05) is 0 Å². The summed E-state index contributed by atoms with van der Waals surface area (Å²) in [5, 5.41) is -0.523. The Labute approximate surface area is 227 Å². The van der Waals surface area contributed by atoms with Gasteiger partial charge in [0.2, 0.25) is 0 Å². The van der Waals surface area contributed by atoms with Crippen molar-refractivity contribution in [3.8, 4) is 17.2 Å². The maximum absolute atomic E-state index is 13.8. The SMILES string of the molecule is O=P(Oc1c(Cl)ccc(Cl)c1Cl)(Oc1c(Cl)ccc(Cl)c1Cl)Oc1c(Cl)ccc(Cl)c1Cl. The van der Waals surface area contributed by atoms with Crippen LogP contribution in [0.4, 0.5) is 0 Å². The topological polar surface area (TPSA) is 44.8 Å². The molecule has 3 aromatic rings. The second-order valence-electron chi connectivity index (χ2n) is 5.74. The van der Waals surface area contributed by atoms with Gasteiger partial charge in [-0.3, -0.25) is 0 Å². The molecule has 0 fully saturated rings. The van der Waals surface area contributed by atoms with E-state index in [4.69, 9.17) is 118 Å². The van der Waals surface area contributed by atoms with Crippen molar-refractivity contribution < 1.29 is 18.1 Å². The van der Waals surface area contributed by atoms with E-state index in [1.165, 1.54) is 36.4 Å². The van der Waals surface area contributed by atoms with Crippen LogP contribution in [0.3, 0.4) is 0 Å². The molecule has 3 aromatic carbocycles. The molecule has 3 rings (SSSR count). The number of phosphoric ester groups is 1. The number of phosphoric acid groups is 1. The number of benzene rings is 3. The molecule has 0 radical (unpaired) electrons. The number of halogens is 9. The van der Waals surface area contributed by atoms with Gasteiger partial charge in [0.25, 0.3) is 0 Å². The summed E-state index contributed by atoms with van der Waals surface area (Å²) in [7, 11) is -4.79. The zero-order chi connectivity index (χ0) is 23.8. The summed E-state index contributed by atoms with van der Waals surface area (Å²) < 4.78 is 30.3. The van der Waals surface area contributed by atoms with Gasteiger partial charge < -0.3 is 13.6 Å². The van der Waals surface area contributed by atoms with E-state index < -0.39 is 7.82 Å². The third-order valence-electron chi connectivity index (χ3n) is 3.62. The molecule has 0 unspecified atom stereocenters. The Morgan fingerprint density at radius 1 is 0.438 bits per heavy atom. The van der Waals surface area contributed by atoms with E-state index in [2.05, 4.69) is 0 Å². The summed E-state index contributed by atoms with van der Waals surface area (Å²) in [4.78, 5) is 0. The first-order chi connectivity index (χ1) is 14.9. The zero-order valence-corrected chi connectivity index (χ0v) is 22.6. The van der Waals surface area contributed by atoms with Crippen LogP contribution in [0, 0.1) is 0 Å². The maximum atomic E-state index is 13.8. The Morgan fingerprint density at radius 3 is 0.906 bits per heavy atom. The minimum Gasteiger partial charge on any atom is -0.383 e. The lowest BCUT2D eigenvalue weighted by molar-refractivity contribution is 0.299. The fourth-order valence-electron chi connectivity index (χ4n) is 2.17. The maximum Gasteiger partial charge on any atom is 0.647 e. The number of hydrogen-bond donors (Lipinski definition) is 0. The fraction of sp³-hybridized carbons (Fsp3) is 0. The third-order valence-corrected chi connectivity index (χ3v) is 8.09. The average Bonchev–Trinajstić information content (AvgIpc) is 2.75. The first-order valence-electron chi connectivity index (χ1n) is 8.03. The van der Waals surface area contributed by atoms with Gasteiger partial charge in [-0.15, -0.1) is 0 Å². The van der Waals surface area contributed by atoms with Crippen molar-refractivity contribution in [1.82, 2.24) is 0 Å². The van der Waals surface area contributed by atoms with Gasteiger partial charge >= 0.3 is 7.82 Å². The molecule has 0 amide bonds. The van der Waals surface area contributed by atoms with Crippen molar-refractivity contribution in [2.45, 2.75) is 0 Å². The highest BCUT2D eigenvalue weighted by molar-refractivity contribution is 7.49. The predicted molar refractivity (Wildman–Crippen MR) is 134 cm³/mol. The number of rotatable bonds is 6. The van der Waals surface area contributed by atoms with Crippen LogP contribution in [0.5, 0.6) is 17.2 Å². The first kappa shape index (κ1) is 26.5. The van der Waals surface area contributed by atoms with E-state index in [1.54, 1.807) is 0 Å². The first-order valence-corrected chi connectivity index (χ1v) is 12.9. The van der Waals surface area contributed by atoms with Crippen LogP contribution in [0.2, 0.25) is 45.2 Å². The normalized spacial score (nSPS) is 11.4. The van der Waals surface area contributed by atoms with E-state index in [9.17, 15) is 4.57 Å². The van der Waals surface area contributed by atoms with Gasteiger partial charge in [-0.2, -0.15) is 4.57 Å². The Kier molecular flexibility index (Phi) is 8.83. The molecule has 0 aliphatic carbocycles. The Morgan fingerprint density at radius 2 is 0.656 bits per heavy atom. The Balaban J connectivity index is 2.16. The van der Waals surface area contributed by atoms with Crippen LogP contribution >= 0.6 is 112 Å². The summed E-state index contributed by atoms with van der Waals surface area (Å²) in [5.74, 6) is -0.937. The van der Waals surface area contributed by atoms with E-state index >= 15 is 0 Å². The zero-order valence-electron chi connectivity index (χ0n) is 14.9. The van der Waals surface area contributed by atoms with Gasteiger partial charge in [0, 0.05) is 0 Å². The lowest BCUT2D eigenvalue weighted by Crippen LogP contribution is -2.09. The van der Waals surface area contributed by atoms with Crippen LogP contribution in [-0.4, -0.2) is 0 Å². The molecule has 0 aromatic heterocycles. The van der Waals surface area contributed by atoms with Gasteiger partial charge in [0.15, 0.2) is 17.2 Å². The quantitative estimate of drug-likeness (QED) is 0.200. The largest absolute Gasteiger partial charge is 0.647 e. The smallest absolute Gasteiger partial charge is 0.383 e. The summed E-state index contributed by atoms with van der Waals surface area (Å²) in [6, 6.07) is 8.28. The third kappa shape index (κ3) is 5.75. The predicted octanol–water partition coefficient (Wildman–Crippen LogP) is 11.2. The molecule has 0 aliphatic heterocycles. The van der Waals surface area contributed by atoms with Crippen molar-refractivity contribution in [2.24, 2.45) is 0 Å². The molecule has 0 spiro atoms. The molecule has 14 heteroatoms. The van der Waals surface area contributed by atoms with Gasteiger partial charge in [-0.05, 0) is 36.4 Å².